The first-order chi connectivity index (χ1) is 8.21. The van der Waals surface area contributed by atoms with Crippen LogP contribution in [0.1, 0.15) is 18.1 Å². The maximum atomic E-state index is 10.9. The number of amides is 1. The van der Waals surface area contributed by atoms with Crippen LogP contribution in [0.3, 0.4) is 0 Å². The molecule has 1 N–H and O–H groups in total. The third-order valence-electron chi connectivity index (χ3n) is 2.60. The third-order valence-corrected chi connectivity index (χ3v) is 2.60. The molecule has 4 heteroatoms. The molecular weight excluding hydrogens is 218 g/mol. The predicted octanol–water partition coefficient (Wildman–Crippen LogP) is 2.16. The van der Waals surface area contributed by atoms with Crippen LogP contribution in [0, 0.1) is 0 Å². The second kappa shape index (κ2) is 6.78. The molecule has 0 fully saturated rings. The first kappa shape index (κ1) is 13.4. The van der Waals surface area contributed by atoms with Gasteiger partial charge in [-0.2, -0.15) is 0 Å². The monoisotopic (exact) mass is 237 g/mol. The third kappa shape index (κ3) is 3.98. The lowest BCUT2D eigenvalue weighted by Gasteiger charge is -2.10. The molecule has 0 unspecified atom stereocenters. The van der Waals surface area contributed by atoms with Gasteiger partial charge in [-0.15, -0.1) is 0 Å². The van der Waals surface area contributed by atoms with Crippen LogP contribution < -0.4 is 10.1 Å². The van der Waals surface area contributed by atoms with Gasteiger partial charge in [0.2, 0.25) is 0 Å². The number of hydrogen-bond acceptors (Lipinski definition) is 3. The Labute approximate surface area is 102 Å². The SMILES string of the molecule is CCc1ccc(OC)c(CCNC(=O)OC)c1. The van der Waals surface area contributed by atoms with Gasteiger partial charge in [0.15, 0.2) is 0 Å². The number of benzene rings is 1. The molecule has 17 heavy (non-hydrogen) atoms. The van der Waals surface area contributed by atoms with Crippen LogP contribution in [0.25, 0.3) is 0 Å². The molecule has 0 atom stereocenters. The van der Waals surface area contributed by atoms with Gasteiger partial charge in [-0.3, -0.25) is 0 Å². The maximum Gasteiger partial charge on any atom is 0.406 e. The molecule has 0 aliphatic heterocycles. The van der Waals surface area contributed by atoms with Crippen molar-refractivity contribution in [2.75, 3.05) is 20.8 Å². The Kier molecular flexibility index (Phi) is 5.33. The molecule has 0 saturated heterocycles. The topological polar surface area (TPSA) is 47.6 Å². The van der Waals surface area contributed by atoms with E-state index >= 15 is 0 Å². The molecule has 1 rings (SSSR count). The molecule has 94 valence electrons. The molecule has 0 radical (unpaired) electrons. The minimum atomic E-state index is -0.407. The fourth-order valence-electron chi connectivity index (χ4n) is 1.62. The summed E-state index contributed by atoms with van der Waals surface area (Å²) in [7, 11) is 3.01. The number of methoxy groups -OCH3 is 2. The molecule has 0 saturated carbocycles. The number of alkyl carbamates (subject to hydrolysis) is 1. The second-order valence-corrected chi connectivity index (χ2v) is 3.67. The van der Waals surface area contributed by atoms with Crippen LogP contribution >= 0.6 is 0 Å². The van der Waals surface area contributed by atoms with E-state index in [1.807, 2.05) is 6.07 Å². The van der Waals surface area contributed by atoms with Gasteiger partial charge in [0.05, 0.1) is 14.2 Å². The first-order valence-electron chi connectivity index (χ1n) is 5.68. The Bertz CT molecular complexity index is 377. The second-order valence-electron chi connectivity index (χ2n) is 3.67. The van der Waals surface area contributed by atoms with Crippen molar-refractivity contribution >= 4 is 6.09 Å². The van der Waals surface area contributed by atoms with Gasteiger partial charge in [0.1, 0.15) is 5.75 Å². The van der Waals surface area contributed by atoms with Crippen molar-refractivity contribution in [3.63, 3.8) is 0 Å². The summed E-state index contributed by atoms with van der Waals surface area (Å²) in [6, 6.07) is 6.13. The van der Waals surface area contributed by atoms with Crippen LogP contribution in [-0.2, 0) is 17.6 Å². The zero-order valence-corrected chi connectivity index (χ0v) is 10.6. The van der Waals surface area contributed by atoms with Crippen LogP contribution in [-0.4, -0.2) is 26.9 Å². The van der Waals surface area contributed by atoms with Gasteiger partial charge in [0, 0.05) is 6.54 Å². The Morgan fingerprint density at radius 2 is 2.12 bits per heavy atom. The number of carbonyl (C=O) groups is 1. The number of carbonyl (C=O) groups excluding carboxylic acids is 1. The van der Waals surface area contributed by atoms with Crippen LogP contribution in [0.2, 0.25) is 0 Å². The van der Waals surface area contributed by atoms with E-state index in [2.05, 4.69) is 29.1 Å². The van der Waals surface area contributed by atoms with Gasteiger partial charge in [-0.05, 0) is 30.0 Å². The van der Waals surface area contributed by atoms with Crippen molar-refractivity contribution in [2.45, 2.75) is 19.8 Å². The molecule has 0 aliphatic carbocycles. The number of ether oxygens (including phenoxy) is 2. The number of rotatable bonds is 5. The minimum Gasteiger partial charge on any atom is -0.496 e. The fraction of sp³-hybridized carbons (Fsp3) is 0.462. The van der Waals surface area contributed by atoms with Crippen molar-refractivity contribution in [3.8, 4) is 5.75 Å². The summed E-state index contributed by atoms with van der Waals surface area (Å²) in [6.45, 7) is 2.65. The quantitative estimate of drug-likeness (QED) is 0.853. The fourth-order valence-corrected chi connectivity index (χ4v) is 1.62. The van der Waals surface area contributed by atoms with Gasteiger partial charge >= 0.3 is 6.09 Å². The van der Waals surface area contributed by atoms with E-state index in [1.54, 1.807) is 7.11 Å². The molecule has 0 aliphatic rings. The highest BCUT2D eigenvalue weighted by molar-refractivity contribution is 5.66. The number of nitrogens with one attached hydrogen (secondary N) is 1. The first-order valence-corrected chi connectivity index (χ1v) is 5.68. The Hall–Kier alpha value is -1.71. The van der Waals surface area contributed by atoms with Crippen molar-refractivity contribution < 1.29 is 14.3 Å². The molecule has 0 spiro atoms. The molecule has 1 aromatic carbocycles. The van der Waals surface area contributed by atoms with Crippen LogP contribution in [0.15, 0.2) is 18.2 Å². The number of hydrogen-bond donors (Lipinski definition) is 1. The Morgan fingerprint density at radius 1 is 1.35 bits per heavy atom. The lowest BCUT2D eigenvalue weighted by molar-refractivity contribution is 0.171. The van der Waals surface area contributed by atoms with Crippen LogP contribution in [0.5, 0.6) is 5.75 Å². The van der Waals surface area contributed by atoms with E-state index < -0.39 is 6.09 Å². The Balaban J connectivity index is 2.64. The van der Waals surface area contributed by atoms with Gasteiger partial charge < -0.3 is 14.8 Å². The molecule has 1 amide bonds. The number of aryl methyl sites for hydroxylation is 1. The Morgan fingerprint density at radius 3 is 2.71 bits per heavy atom. The van der Waals surface area contributed by atoms with E-state index in [0.29, 0.717) is 6.54 Å². The smallest absolute Gasteiger partial charge is 0.406 e. The van der Waals surface area contributed by atoms with Crippen molar-refractivity contribution in [3.05, 3.63) is 29.3 Å². The average molecular weight is 237 g/mol. The zero-order valence-electron chi connectivity index (χ0n) is 10.6. The summed E-state index contributed by atoms with van der Waals surface area (Å²) >= 11 is 0. The molecule has 0 aromatic heterocycles. The summed E-state index contributed by atoms with van der Waals surface area (Å²) in [5.74, 6) is 0.855. The van der Waals surface area contributed by atoms with Gasteiger partial charge in [0.25, 0.3) is 0 Å². The predicted molar refractivity (Wildman–Crippen MR) is 66.5 cm³/mol. The van der Waals surface area contributed by atoms with Gasteiger partial charge in [-0.25, -0.2) is 4.79 Å². The minimum absolute atomic E-state index is 0.407. The van der Waals surface area contributed by atoms with Crippen molar-refractivity contribution in [1.82, 2.24) is 5.32 Å². The van der Waals surface area contributed by atoms with E-state index in [-0.39, 0.29) is 0 Å². The lowest BCUT2D eigenvalue weighted by Crippen LogP contribution is -2.25. The summed E-state index contributed by atoms with van der Waals surface area (Å²) in [6.07, 6.45) is 1.31. The summed E-state index contributed by atoms with van der Waals surface area (Å²) in [5, 5.41) is 2.65. The zero-order chi connectivity index (χ0) is 12.7. The highest BCUT2D eigenvalue weighted by atomic mass is 16.5. The molecule has 0 bridgehead atoms. The standard InChI is InChI=1S/C13H19NO3/c1-4-10-5-6-12(16-2)11(9-10)7-8-14-13(15)17-3/h5-6,9H,4,7-8H2,1-3H3,(H,14,15). The molecular formula is C13H19NO3. The maximum absolute atomic E-state index is 10.9. The van der Waals surface area contributed by atoms with Crippen molar-refractivity contribution in [1.29, 1.82) is 0 Å². The van der Waals surface area contributed by atoms with Gasteiger partial charge in [-0.1, -0.05) is 19.1 Å². The van der Waals surface area contributed by atoms with Crippen molar-refractivity contribution in [2.24, 2.45) is 0 Å². The largest absolute Gasteiger partial charge is 0.496 e. The lowest BCUT2D eigenvalue weighted by atomic mass is 10.1. The summed E-state index contributed by atoms with van der Waals surface area (Å²) < 4.78 is 9.79. The summed E-state index contributed by atoms with van der Waals surface area (Å²) in [4.78, 5) is 10.9. The van der Waals surface area contributed by atoms with E-state index in [0.717, 1.165) is 24.2 Å². The molecule has 1 aromatic rings. The van der Waals surface area contributed by atoms with E-state index in [4.69, 9.17) is 4.74 Å². The average Bonchev–Trinajstić information content (AvgIpc) is 2.38. The van der Waals surface area contributed by atoms with E-state index in [9.17, 15) is 4.79 Å². The molecule has 0 heterocycles. The summed E-state index contributed by atoms with van der Waals surface area (Å²) in [5.41, 5.74) is 2.36. The molecule has 4 nitrogen and oxygen atoms in total. The highest BCUT2D eigenvalue weighted by Gasteiger charge is 2.05. The normalized spacial score (nSPS) is 9.82. The highest BCUT2D eigenvalue weighted by Crippen LogP contribution is 2.20. The van der Waals surface area contributed by atoms with Crippen LogP contribution in [0.4, 0.5) is 4.79 Å². The van der Waals surface area contributed by atoms with E-state index in [1.165, 1.54) is 12.7 Å².